The first-order valence-electron chi connectivity index (χ1n) is 7.48. The summed E-state index contributed by atoms with van der Waals surface area (Å²) in [5, 5.41) is 0. The van der Waals surface area contributed by atoms with Crippen LogP contribution in [0.3, 0.4) is 0 Å². The molecule has 0 aliphatic heterocycles. The maximum absolute atomic E-state index is 12.5. The first kappa shape index (κ1) is 16.8. The molecule has 0 bridgehead atoms. The third-order valence-electron chi connectivity index (χ3n) is 4.12. The summed E-state index contributed by atoms with van der Waals surface area (Å²) in [4.78, 5) is 24.9. The van der Waals surface area contributed by atoms with Crippen LogP contribution in [0.5, 0.6) is 0 Å². The van der Waals surface area contributed by atoms with E-state index >= 15 is 0 Å². The lowest BCUT2D eigenvalue weighted by Gasteiger charge is -2.29. The Labute approximate surface area is 136 Å². The predicted octanol–water partition coefficient (Wildman–Crippen LogP) is 2.65. The number of carbonyl (C=O) groups is 2. The number of hydrogen-bond donors (Lipinski definition) is 0. The molecular weight excluding hydrogens is 292 g/mol. The Morgan fingerprint density at radius 2 is 1.78 bits per heavy atom. The molecule has 0 fully saturated rings. The van der Waals surface area contributed by atoms with E-state index in [1.807, 2.05) is 24.3 Å². The van der Waals surface area contributed by atoms with Crippen LogP contribution in [0.1, 0.15) is 30.4 Å². The lowest BCUT2D eigenvalue weighted by Crippen LogP contribution is -2.43. The fourth-order valence-corrected chi connectivity index (χ4v) is 2.85. The first-order valence-corrected chi connectivity index (χ1v) is 7.48. The van der Waals surface area contributed by atoms with E-state index in [0.717, 1.165) is 16.7 Å². The molecule has 1 aromatic carbocycles. The monoisotopic (exact) mass is 312 g/mol. The third kappa shape index (κ3) is 3.45. The number of esters is 2. The summed E-state index contributed by atoms with van der Waals surface area (Å²) in [6.45, 7) is 3.93. The largest absolute Gasteiger partial charge is 0.468 e. The lowest BCUT2D eigenvalue weighted by molar-refractivity contribution is -0.169. The van der Waals surface area contributed by atoms with Gasteiger partial charge in [0.1, 0.15) is 0 Å². The van der Waals surface area contributed by atoms with Crippen LogP contribution in [0, 0.1) is 17.3 Å². The smallest absolute Gasteiger partial charge is 0.323 e. The van der Waals surface area contributed by atoms with Gasteiger partial charge in [-0.05, 0) is 36.5 Å². The van der Waals surface area contributed by atoms with Gasteiger partial charge < -0.3 is 9.47 Å². The van der Waals surface area contributed by atoms with Crippen molar-refractivity contribution >= 4 is 11.9 Å². The maximum atomic E-state index is 12.5. The van der Waals surface area contributed by atoms with Gasteiger partial charge in [0.25, 0.3) is 0 Å². The highest BCUT2D eigenvalue weighted by molar-refractivity contribution is 6.00. The Morgan fingerprint density at radius 3 is 2.43 bits per heavy atom. The topological polar surface area (TPSA) is 52.6 Å². The summed E-state index contributed by atoms with van der Waals surface area (Å²) in [6, 6.07) is 7.48. The van der Waals surface area contributed by atoms with Crippen LogP contribution in [0.2, 0.25) is 0 Å². The molecule has 0 spiro atoms. The van der Waals surface area contributed by atoms with Gasteiger partial charge in [0.2, 0.25) is 0 Å². The molecule has 0 atom stereocenters. The standard InChI is InChI=1S/C19H20O4/c1-14-7-6-12-19(17(20)22-2,18(21)23-3)13-16-9-5-4-8-15(16)11-10-14/h4-5,8-9H,1,6-7,12-13H2,2-3H3. The van der Waals surface area contributed by atoms with Gasteiger partial charge >= 0.3 is 11.9 Å². The molecule has 0 saturated heterocycles. The van der Waals surface area contributed by atoms with Gasteiger partial charge in [0.05, 0.1) is 14.2 Å². The Kier molecular flexibility index (Phi) is 5.23. The Bertz CT molecular complexity index is 675. The van der Waals surface area contributed by atoms with Crippen molar-refractivity contribution in [2.45, 2.75) is 25.7 Å². The second-order valence-electron chi connectivity index (χ2n) is 5.61. The van der Waals surface area contributed by atoms with E-state index in [-0.39, 0.29) is 6.42 Å². The van der Waals surface area contributed by atoms with Crippen molar-refractivity contribution in [2.75, 3.05) is 14.2 Å². The molecule has 120 valence electrons. The normalized spacial score (nSPS) is 16.3. The van der Waals surface area contributed by atoms with Gasteiger partial charge in [-0.3, -0.25) is 9.59 Å². The van der Waals surface area contributed by atoms with Crippen molar-refractivity contribution in [1.29, 1.82) is 0 Å². The average molecular weight is 312 g/mol. The number of methoxy groups -OCH3 is 2. The fourth-order valence-electron chi connectivity index (χ4n) is 2.85. The van der Waals surface area contributed by atoms with Crippen molar-refractivity contribution in [2.24, 2.45) is 5.41 Å². The highest BCUT2D eigenvalue weighted by atomic mass is 16.5. The van der Waals surface area contributed by atoms with Crippen molar-refractivity contribution < 1.29 is 19.1 Å². The Hall–Kier alpha value is -2.54. The molecule has 0 amide bonds. The molecule has 0 aromatic heterocycles. The zero-order valence-electron chi connectivity index (χ0n) is 13.5. The number of allylic oxidation sites excluding steroid dienone is 1. The van der Waals surface area contributed by atoms with Crippen LogP contribution in [0.15, 0.2) is 36.4 Å². The first-order chi connectivity index (χ1) is 11.0. The molecule has 4 nitrogen and oxygen atoms in total. The molecule has 2 rings (SSSR count). The molecule has 1 aromatic rings. The number of benzene rings is 1. The minimum atomic E-state index is -1.35. The van der Waals surface area contributed by atoms with Crippen molar-refractivity contribution in [1.82, 2.24) is 0 Å². The molecule has 0 N–H and O–H groups in total. The zero-order chi connectivity index (χ0) is 16.9. The molecule has 0 saturated carbocycles. The summed E-state index contributed by atoms with van der Waals surface area (Å²) >= 11 is 0. The minimum Gasteiger partial charge on any atom is -0.468 e. The molecule has 4 heteroatoms. The number of rotatable bonds is 2. The van der Waals surface area contributed by atoms with E-state index in [9.17, 15) is 9.59 Å². The summed E-state index contributed by atoms with van der Waals surface area (Å²) in [5.41, 5.74) is 1.04. The third-order valence-corrected chi connectivity index (χ3v) is 4.12. The molecule has 0 unspecified atom stereocenters. The van der Waals surface area contributed by atoms with Crippen LogP contribution in [0.4, 0.5) is 0 Å². The highest BCUT2D eigenvalue weighted by Crippen LogP contribution is 2.34. The number of carbonyl (C=O) groups excluding carboxylic acids is 2. The summed E-state index contributed by atoms with van der Waals surface area (Å²) in [5.74, 6) is 4.98. The SMILES string of the molecule is C=C1C#Cc2ccccc2CC(C(=O)OC)(C(=O)OC)CCC1. The van der Waals surface area contributed by atoms with Crippen LogP contribution >= 0.6 is 0 Å². The number of fused-ring (bicyclic) bond motifs is 1. The van der Waals surface area contributed by atoms with Crippen LogP contribution < -0.4 is 0 Å². The summed E-state index contributed by atoms with van der Waals surface area (Å²) < 4.78 is 9.86. The van der Waals surface area contributed by atoms with Crippen molar-refractivity contribution in [3.8, 4) is 11.8 Å². The van der Waals surface area contributed by atoms with Gasteiger partial charge in [0.15, 0.2) is 5.41 Å². The van der Waals surface area contributed by atoms with Gasteiger partial charge in [-0.2, -0.15) is 0 Å². The van der Waals surface area contributed by atoms with Crippen LogP contribution in [-0.4, -0.2) is 26.2 Å². The lowest BCUT2D eigenvalue weighted by atomic mass is 9.75. The van der Waals surface area contributed by atoms with E-state index in [1.165, 1.54) is 14.2 Å². The van der Waals surface area contributed by atoms with Crippen LogP contribution in [-0.2, 0) is 25.5 Å². The van der Waals surface area contributed by atoms with Gasteiger partial charge in [-0.15, -0.1) is 0 Å². The molecule has 0 heterocycles. The molecule has 23 heavy (non-hydrogen) atoms. The van der Waals surface area contributed by atoms with E-state index in [2.05, 4.69) is 18.4 Å². The summed E-state index contributed by atoms with van der Waals surface area (Å²) in [6.07, 6.45) is 1.79. The van der Waals surface area contributed by atoms with E-state index in [1.54, 1.807) is 0 Å². The zero-order valence-corrected chi connectivity index (χ0v) is 13.5. The number of ether oxygens (including phenoxy) is 2. The average Bonchev–Trinajstić information content (AvgIpc) is 2.58. The van der Waals surface area contributed by atoms with Gasteiger partial charge in [-0.25, -0.2) is 0 Å². The quantitative estimate of drug-likeness (QED) is 0.478. The van der Waals surface area contributed by atoms with Crippen molar-refractivity contribution in [3.05, 3.63) is 47.5 Å². The number of hydrogen-bond acceptors (Lipinski definition) is 4. The van der Waals surface area contributed by atoms with Crippen LogP contribution in [0.25, 0.3) is 0 Å². The molecule has 0 radical (unpaired) electrons. The highest BCUT2D eigenvalue weighted by Gasteiger charge is 2.48. The Balaban J connectivity index is 2.59. The van der Waals surface area contributed by atoms with E-state index in [4.69, 9.17) is 9.47 Å². The predicted molar refractivity (Wildman–Crippen MR) is 86.5 cm³/mol. The molecular formula is C19H20O4. The Morgan fingerprint density at radius 1 is 1.13 bits per heavy atom. The summed E-state index contributed by atoms with van der Waals surface area (Å²) in [7, 11) is 2.58. The van der Waals surface area contributed by atoms with Gasteiger partial charge in [-0.1, -0.05) is 36.6 Å². The maximum Gasteiger partial charge on any atom is 0.323 e. The van der Waals surface area contributed by atoms with E-state index < -0.39 is 17.4 Å². The fraction of sp³-hybridized carbons (Fsp3) is 0.368. The molecule has 1 aliphatic carbocycles. The molecule has 1 aliphatic rings. The minimum absolute atomic E-state index is 0.212. The second kappa shape index (κ2) is 7.15. The van der Waals surface area contributed by atoms with Crippen molar-refractivity contribution in [3.63, 3.8) is 0 Å². The second-order valence-corrected chi connectivity index (χ2v) is 5.61. The van der Waals surface area contributed by atoms with Gasteiger partial charge in [0, 0.05) is 12.0 Å². The van der Waals surface area contributed by atoms with E-state index in [0.29, 0.717) is 19.3 Å².